The zero-order chi connectivity index (χ0) is 21.0. The predicted molar refractivity (Wildman–Crippen MR) is 123 cm³/mol. The van der Waals surface area contributed by atoms with Gasteiger partial charge in [-0.3, -0.25) is 14.7 Å². The second-order valence-electron chi connectivity index (χ2n) is 7.99. The van der Waals surface area contributed by atoms with Crippen molar-refractivity contribution in [2.45, 2.75) is 19.0 Å². The summed E-state index contributed by atoms with van der Waals surface area (Å²) in [5, 5.41) is 4.13. The Balaban J connectivity index is 1.36. The Hall–Kier alpha value is -3.57. The van der Waals surface area contributed by atoms with E-state index in [4.69, 9.17) is 4.98 Å². The number of pyridine rings is 2. The van der Waals surface area contributed by atoms with Gasteiger partial charge in [0.2, 0.25) is 0 Å². The highest BCUT2D eigenvalue weighted by Crippen LogP contribution is 2.25. The second-order valence-corrected chi connectivity index (χ2v) is 7.99. The van der Waals surface area contributed by atoms with Crippen molar-refractivity contribution in [3.05, 3.63) is 96.3 Å². The van der Waals surface area contributed by atoms with E-state index >= 15 is 0 Å². The minimum Gasteiger partial charge on any atom is -0.348 e. The molecular weight excluding hydrogens is 384 g/mol. The molecule has 4 aromatic rings. The molecule has 5 rings (SSSR count). The molecule has 2 aromatic heterocycles. The summed E-state index contributed by atoms with van der Waals surface area (Å²) in [6.45, 7) is 2.76. The smallest absolute Gasteiger partial charge is 0.252 e. The Labute approximate surface area is 181 Å². The van der Waals surface area contributed by atoms with Crippen molar-refractivity contribution >= 4 is 16.8 Å². The van der Waals surface area contributed by atoms with E-state index in [-0.39, 0.29) is 11.9 Å². The molecule has 1 N–H and O–H groups in total. The number of benzene rings is 2. The average molecular weight is 409 g/mol. The lowest BCUT2D eigenvalue weighted by atomic mass is 10.0. The lowest BCUT2D eigenvalue weighted by molar-refractivity contribution is 0.0939. The molecule has 0 saturated carbocycles. The maximum Gasteiger partial charge on any atom is 0.252 e. The maximum atomic E-state index is 13.3. The summed E-state index contributed by atoms with van der Waals surface area (Å²) in [6, 6.07) is 24.1. The number of hydrogen-bond acceptors (Lipinski definition) is 4. The quantitative estimate of drug-likeness (QED) is 0.535. The number of nitrogens with one attached hydrogen (secondary N) is 1. The van der Waals surface area contributed by atoms with Gasteiger partial charge >= 0.3 is 0 Å². The zero-order valence-corrected chi connectivity index (χ0v) is 17.2. The van der Waals surface area contributed by atoms with Gasteiger partial charge in [0, 0.05) is 49.0 Å². The number of nitrogens with zero attached hydrogens (tertiary/aromatic N) is 3. The van der Waals surface area contributed by atoms with Crippen molar-refractivity contribution in [3.63, 3.8) is 0 Å². The van der Waals surface area contributed by atoms with Gasteiger partial charge < -0.3 is 5.32 Å². The SMILES string of the molecule is O=C(N[C@@H]1CCN(Cc2ccccc2)C1)c1cc(-c2cccnc2)nc2ccccc12. The average Bonchev–Trinajstić information content (AvgIpc) is 3.26. The van der Waals surface area contributed by atoms with Gasteiger partial charge in [-0.15, -0.1) is 0 Å². The molecule has 1 atom stereocenters. The van der Waals surface area contributed by atoms with Gasteiger partial charge in [0.25, 0.3) is 5.91 Å². The molecule has 1 aliphatic heterocycles. The fourth-order valence-electron chi connectivity index (χ4n) is 4.22. The van der Waals surface area contributed by atoms with E-state index < -0.39 is 0 Å². The Kier molecular flexibility index (Phi) is 5.42. The molecule has 154 valence electrons. The topological polar surface area (TPSA) is 58.1 Å². The van der Waals surface area contributed by atoms with Crippen LogP contribution >= 0.6 is 0 Å². The van der Waals surface area contributed by atoms with Crippen LogP contribution in [0.3, 0.4) is 0 Å². The third-order valence-electron chi connectivity index (χ3n) is 5.77. The summed E-state index contributed by atoms with van der Waals surface area (Å²) >= 11 is 0. The van der Waals surface area contributed by atoms with Gasteiger partial charge in [-0.25, -0.2) is 4.98 Å². The first-order valence-electron chi connectivity index (χ1n) is 10.6. The van der Waals surface area contributed by atoms with E-state index in [1.807, 2.05) is 48.5 Å². The number of para-hydroxylation sites is 1. The van der Waals surface area contributed by atoms with Crippen LogP contribution in [0.4, 0.5) is 0 Å². The first kappa shape index (κ1) is 19.4. The highest BCUT2D eigenvalue weighted by molar-refractivity contribution is 6.07. The maximum absolute atomic E-state index is 13.3. The van der Waals surface area contributed by atoms with Crippen LogP contribution in [0.2, 0.25) is 0 Å². The van der Waals surface area contributed by atoms with Gasteiger partial charge in [0.1, 0.15) is 0 Å². The highest BCUT2D eigenvalue weighted by Gasteiger charge is 2.25. The number of likely N-dealkylation sites (tertiary alicyclic amines) is 1. The van der Waals surface area contributed by atoms with Crippen molar-refractivity contribution in [1.29, 1.82) is 0 Å². The molecule has 2 aromatic carbocycles. The number of aromatic nitrogens is 2. The zero-order valence-electron chi connectivity index (χ0n) is 17.2. The summed E-state index contributed by atoms with van der Waals surface area (Å²) in [5.41, 5.74) is 4.43. The molecule has 0 radical (unpaired) electrons. The molecule has 1 amide bonds. The van der Waals surface area contributed by atoms with Gasteiger partial charge in [0.15, 0.2) is 0 Å². The second kappa shape index (κ2) is 8.66. The number of fused-ring (bicyclic) bond motifs is 1. The molecule has 0 aliphatic carbocycles. The molecule has 5 nitrogen and oxygen atoms in total. The highest BCUT2D eigenvalue weighted by atomic mass is 16.1. The summed E-state index contributed by atoms with van der Waals surface area (Å²) in [4.78, 5) is 24.6. The predicted octanol–water partition coefficient (Wildman–Crippen LogP) is 4.30. The van der Waals surface area contributed by atoms with Crippen LogP contribution in [-0.2, 0) is 6.54 Å². The van der Waals surface area contributed by atoms with Crippen LogP contribution < -0.4 is 5.32 Å². The van der Waals surface area contributed by atoms with Crippen LogP contribution in [0.1, 0.15) is 22.3 Å². The largest absolute Gasteiger partial charge is 0.348 e. The van der Waals surface area contributed by atoms with E-state index in [1.165, 1.54) is 5.56 Å². The first-order valence-corrected chi connectivity index (χ1v) is 10.6. The molecule has 3 heterocycles. The molecule has 5 heteroatoms. The number of amides is 1. The Morgan fingerprint density at radius 2 is 1.87 bits per heavy atom. The normalized spacial score (nSPS) is 16.5. The van der Waals surface area contributed by atoms with Crippen molar-refractivity contribution in [3.8, 4) is 11.3 Å². The lowest BCUT2D eigenvalue weighted by Gasteiger charge is -2.17. The summed E-state index contributed by atoms with van der Waals surface area (Å²) in [6.07, 6.45) is 4.47. The molecule has 1 saturated heterocycles. The van der Waals surface area contributed by atoms with E-state index in [0.717, 1.165) is 48.2 Å². The van der Waals surface area contributed by atoms with E-state index in [9.17, 15) is 4.79 Å². The molecule has 0 unspecified atom stereocenters. The lowest BCUT2D eigenvalue weighted by Crippen LogP contribution is -2.37. The van der Waals surface area contributed by atoms with E-state index in [0.29, 0.717) is 5.56 Å². The molecule has 31 heavy (non-hydrogen) atoms. The number of hydrogen-bond donors (Lipinski definition) is 1. The number of rotatable bonds is 5. The van der Waals surface area contributed by atoms with Gasteiger partial charge in [-0.2, -0.15) is 0 Å². The van der Waals surface area contributed by atoms with E-state index in [1.54, 1.807) is 12.4 Å². The summed E-state index contributed by atoms with van der Waals surface area (Å²) < 4.78 is 0. The van der Waals surface area contributed by atoms with Gasteiger partial charge in [-0.05, 0) is 36.2 Å². The first-order chi connectivity index (χ1) is 15.3. The van der Waals surface area contributed by atoms with Crippen molar-refractivity contribution in [1.82, 2.24) is 20.2 Å². The minimum absolute atomic E-state index is 0.0460. The minimum atomic E-state index is -0.0460. The molecule has 1 fully saturated rings. The fourth-order valence-corrected chi connectivity index (χ4v) is 4.22. The standard InChI is InChI=1S/C26H24N4O/c31-26(28-21-12-14-30(18-21)17-19-7-2-1-3-8-19)23-15-25(20-9-6-13-27-16-20)29-24-11-5-4-10-22(23)24/h1-11,13,15-16,21H,12,14,17-18H2,(H,28,31)/t21-/m1/s1. The molecule has 0 bridgehead atoms. The Morgan fingerprint density at radius 1 is 1.03 bits per heavy atom. The van der Waals surface area contributed by atoms with Crippen LogP contribution in [0.25, 0.3) is 22.2 Å². The van der Waals surface area contributed by atoms with Gasteiger partial charge in [-0.1, -0.05) is 48.5 Å². The number of carbonyl (C=O) groups excluding carboxylic acids is 1. The Morgan fingerprint density at radius 3 is 2.71 bits per heavy atom. The summed E-state index contributed by atoms with van der Waals surface area (Å²) in [7, 11) is 0. The fraction of sp³-hybridized carbons (Fsp3) is 0.192. The van der Waals surface area contributed by atoms with Gasteiger partial charge in [0.05, 0.1) is 16.8 Å². The number of carbonyl (C=O) groups is 1. The monoisotopic (exact) mass is 408 g/mol. The van der Waals surface area contributed by atoms with Crippen molar-refractivity contribution < 1.29 is 4.79 Å². The third kappa shape index (κ3) is 4.32. The Bertz CT molecular complexity index is 1190. The van der Waals surface area contributed by atoms with Crippen LogP contribution in [0, 0.1) is 0 Å². The van der Waals surface area contributed by atoms with E-state index in [2.05, 4.69) is 39.5 Å². The van der Waals surface area contributed by atoms with Crippen LogP contribution in [0.15, 0.2) is 85.2 Å². The molecule has 0 spiro atoms. The van der Waals surface area contributed by atoms with Crippen molar-refractivity contribution in [2.75, 3.05) is 13.1 Å². The van der Waals surface area contributed by atoms with Crippen LogP contribution in [-0.4, -0.2) is 39.9 Å². The third-order valence-corrected chi connectivity index (χ3v) is 5.77. The molecular formula is C26H24N4O. The molecule has 1 aliphatic rings. The van der Waals surface area contributed by atoms with Crippen LogP contribution in [0.5, 0.6) is 0 Å². The van der Waals surface area contributed by atoms with Crippen molar-refractivity contribution in [2.24, 2.45) is 0 Å². The summed E-state index contributed by atoms with van der Waals surface area (Å²) in [5.74, 6) is -0.0460.